The van der Waals surface area contributed by atoms with E-state index in [1.807, 2.05) is 54.6 Å². The molecule has 1 atom stereocenters. The Labute approximate surface area is 164 Å². The number of carboxylic acids is 1. The predicted octanol–water partition coefficient (Wildman–Crippen LogP) is 4.65. The molecule has 0 bridgehead atoms. The van der Waals surface area contributed by atoms with Crippen LogP contribution in [0.15, 0.2) is 72.8 Å². The molecule has 0 saturated heterocycles. The maximum absolute atomic E-state index is 11.4. The highest BCUT2D eigenvalue weighted by atomic mass is 16.5. The summed E-state index contributed by atoms with van der Waals surface area (Å²) in [5.41, 5.74) is 3.18. The van der Waals surface area contributed by atoms with Gasteiger partial charge in [-0.1, -0.05) is 36.4 Å². The molecule has 0 radical (unpaired) electrons. The van der Waals surface area contributed by atoms with Gasteiger partial charge in [-0.15, -0.1) is 0 Å². The molecule has 0 aliphatic carbocycles. The average Bonchev–Trinajstić information content (AvgIpc) is 2.74. The van der Waals surface area contributed by atoms with Gasteiger partial charge in [0.2, 0.25) is 0 Å². The molecule has 0 aliphatic heterocycles. The van der Waals surface area contributed by atoms with Gasteiger partial charge in [0.05, 0.1) is 19.8 Å². The number of rotatable bonds is 8. The number of para-hydroxylation sites is 1. The Morgan fingerprint density at radius 2 is 1.61 bits per heavy atom. The fourth-order valence-electron chi connectivity index (χ4n) is 3.16. The van der Waals surface area contributed by atoms with Crippen molar-refractivity contribution in [1.29, 1.82) is 0 Å². The van der Waals surface area contributed by atoms with E-state index in [9.17, 15) is 9.90 Å². The minimum atomic E-state index is -0.941. The molecule has 1 unspecified atom stereocenters. The predicted molar refractivity (Wildman–Crippen MR) is 110 cm³/mol. The molecule has 144 valence electrons. The van der Waals surface area contributed by atoms with E-state index in [1.165, 1.54) is 0 Å². The fourth-order valence-corrected chi connectivity index (χ4v) is 3.16. The van der Waals surface area contributed by atoms with E-state index in [-0.39, 0.29) is 11.5 Å². The van der Waals surface area contributed by atoms with Crippen molar-refractivity contribution < 1.29 is 19.4 Å². The number of carboxylic acid groups (broad SMARTS) is 1. The first-order valence-corrected chi connectivity index (χ1v) is 8.96. The highest BCUT2D eigenvalue weighted by molar-refractivity contribution is 5.87. The highest BCUT2D eigenvalue weighted by Gasteiger charge is 2.18. The topological polar surface area (TPSA) is 67.8 Å². The van der Waals surface area contributed by atoms with Crippen molar-refractivity contribution in [3.05, 3.63) is 89.5 Å². The van der Waals surface area contributed by atoms with Gasteiger partial charge in [0.15, 0.2) is 11.5 Å². The van der Waals surface area contributed by atoms with Gasteiger partial charge in [0.25, 0.3) is 0 Å². The maximum Gasteiger partial charge on any atom is 0.335 e. The Morgan fingerprint density at radius 3 is 2.29 bits per heavy atom. The molecule has 0 heterocycles. The smallest absolute Gasteiger partial charge is 0.335 e. The molecule has 0 aliphatic rings. The molecule has 0 aromatic heterocycles. The Morgan fingerprint density at radius 1 is 0.893 bits per heavy atom. The third-order valence-electron chi connectivity index (χ3n) is 4.63. The van der Waals surface area contributed by atoms with Gasteiger partial charge in [-0.05, 0) is 47.5 Å². The van der Waals surface area contributed by atoms with Gasteiger partial charge in [-0.2, -0.15) is 0 Å². The summed E-state index contributed by atoms with van der Waals surface area (Å²) in [6.07, 6.45) is 0. The number of aromatic carboxylic acids is 1. The first kappa shape index (κ1) is 19.3. The summed E-state index contributed by atoms with van der Waals surface area (Å²) in [6, 6.07) is 22.7. The molecule has 2 N–H and O–H groups in total. The van der Waals surface area contributed by atoms with Crippen molar-refractivity contribution in [3.63, 3.8) is 0 Å². The summed E-state index contributed by atoms with van der Waals surface area (Å²) in [6.45, 7) is 0.600. The van der Waals surface area contributed by atoms with Crippen LogP contribution in [0.25, 0.3) is 0 Å². The molecule has 3 rings (SSSR count). The van der Waals surface area contributed by atoms with Crippen molar-refractivity contribution in [2.45, 2.75) is 5.92 Å². The van der Waals surface area contributed by atoms with Crippen molar-refractivity contribution in [2.24, 2.45) is 0 Å². The molecule has 3 aromatic rings. The van der Waals surface area contributed by atoms with Gasteiger partial charge >= 0.3 is 5.97 Å². The molecule has 28 heavy (non-hydrogen) atoms. The van der Waals surface area contributed by atoms with Gasteiger partial charge in [0, 0.05) is 18.2 Å². The second-order valence-corrected chi connectivity index (χ2v) is 6.34. The molecule has 0 spiro atoms. The van der Waals surface area contributed by atoms with Crippen LogP contribution in [0.4, 0.5) is 5.69 Å². The molecule has 0 amide bonds. The summed E-state index contributed by atoms with van der Waals surface area (Å²) in [5.74, 6) is 0.280. The van der Waals surface area contributed by atoms with Crippen LogP contribution in [0.2, 0.25) is 0 Å². The lowest BCUT2D eigenvalue weighted by Gasteiger charge is -2.21. The normalized spacial score (nSPS) is 11.5. The van der Waals surface area contributed by atoms with Crippen LogP contribution in [0.3, 0.4) is 0 Å². The second kappa shape index (κ2) is 8.95. The molecule has 5 heteroatoms. The third kappa shape index (κ3) is 4.43. The minimum Gasteiger partial charge on any atom is -0.493 e. The number of benzene rings is 3. The van der Waals surface area contributed by atoms with Crippen LogP contribution in [0.5, 0.6) is 11.5 Å². The molecule has 0 saturated carbocycles. The van der Waals surface area contributed by atoms with Crippen LogP contribution in [0.1, 0.15) is 27.4 Å². The van der Waals surface area contributed by atoms with Gasteiger partial charge < -0.3 is 19.9 Å². The van der Waals surface area contributed by atoms with E-state index in [0.717, 1.165) is 16.8 Å². The maximum atomic E-state index is 11.4. The largest absolute Gasteiger partial charge is 0.493 e. The molecule has 3 aromatic carbocycles. The van der Waals surface area contributed by atoms with Crippen LogP contribution >= 0.6 is 0 Å². The number of carbonyl (C=O) groups is 1. The van der Waals surface area contributed by atoms with E-state index >= 15 is 0 Å². The molecule has 5 nitrogen and oxygen atoms in total. The van der Waals surface area contributed by atoms with Crippen molar-refractivity contribution in [2.75, 3.05) is 26.1 Å². The summed E-state index contributed by atoms with van der Waals surface area (Å²) in [5, 5.41) is 12.8. The standard InChI is InChI=1S/C23H23NO4/c1-27-21-12-11-17(14-22(21)28-2)20(15-24-19-9-4-3-5-10-19)16-7-6-8-18(13-16)23(25)26/h3-14,20,24H,15H2,1-2H3,(H,25,26). The first-order chi connectivity index (χ1) is 13.6. The lowest BCUT2D eigenvalue weighted by atomic mass is 9.89. The number of hydrogen-bond acceptors (Lipinski definition) is 4. The van der Waals surface area contributed by atoms with Crippen LogP contribution in [-0.2, 0) is 0 Å². The van der Waals surface area contributed by atoms with E-state index in [1.54, 1.807) is 32.4 Å². The Balaban J connectivity index is 1.99. The van der Waals surface area contributed by atoms with Crippen LogP contribution < -0.4 is 14.8 Å². The van der Waals surface area contributed by atoms with E-state index in [0.29, 0.717) is 18.0 Å². The van der Waals surface area contributed by atoms with Gasteiger partial charge in [-0.25, -0.2) is 4.79 Å². The summed E-state index contributed by atoms with van der Waals surface area (Å²) in [4.78, 5) is 11.4. The minimum absolute atomic E-state index is 0.0701. The van der Waals surface area contributed by atoms with Gasteiger partial charge in [0.1, 0.15) is 0 Å². The van der Waals surface area contributed by atoms with Crippen molar-refractivity contribution in [1.82, 2.24) is 0 Å². The Kier molecular flexibility index (Phi) is 6.17. The number of anilines is 1. The lowest BCUT2D eigenvalue weighted by molar-refractivity contribution is 0.0696. The van der Waals surface area contributed by atoms with Crippen molar-refractivity contribution in [3.8, 4) is 11.5 Å². The number of ether oxygens (including phenoxy) is 2. The summed E-state index contributed by atoms with van der Waals surface area (Å²) in [7, 11) is 3.20. The average molecular weight is 377 g/mol. The second-order valence-electron chi connectivity index (χ2n) is 6.34. The van der Waals surface area contributed by atoms with Crippen LogP contribution in [-0.4, -0.2) is 31.8 Å². The summed E-state index contributed by atoms with van der Waals surface area (Å²) >= 11 is 0. The fraction of sp³-hybridized carbons (Fsp3) is 0.174. The van der Waals surface area contributed by atoms with Crippen molar-refractivity contribution >= 4 is 11.7 Å². The molecular weight excluding hydrogens is 354 g/mol. The van der Waals surface area contributed by atoms with E-state index in [4.69, 9.17) is 9.47 Å². The number of methoxy groups -OCH3 is 2. The van der Waals surface area contributed by atoms with E-state index < -0.39 is 5.97 Å². The zero-order valence-electron chi connectivity index (χ0n) is 15.9. The van der Waals surface area contributed by atoms with Gasteiger partial charge in [-0.3, -0.25) is 0 Å². The third-order valence-corrected chi connectivity index (χ3v) is 4.63. The summed E-state index contributed by atoms with van der Waals surface area (Å²) < 4.78 is 10.8. The zero-order chi connectivity index (χ0) is 19.9. The lowest BCUT2D eigenvalue weighted by Crippen LogP contribution is -2.15. The number of nitrogens with one attached hydrogen (secondary N) is 1. The van der Waals surface area contributed by atoms with Crippen LogP contribution in [0, 0.1) is 0 Å². The first-order valence-electron chi connectivity index (χ1n) is 8.96. The monoisotopic (exact) mass is 377 g/mol. The van der Waals surface area contributed by atoms with E-state index in [2.05, 4.69) is 5.32 Å². The molecule has 0 fully saturated rings. The quantitative estimate of drug-likeness (QED) is 0.598. The highest BCUT2D eigenvalue weighted by Crippen LogP contribution is 2.34. The number of hydrogen-bond donors (Lipinski definition) is 2. The zero-order valence-corrected chi connectivity index (χ0v) is 15.9. The molecular formula is C23H23NO4. The Hall–Kier alpha value is -3.47. The SMILES string of the molecule is COc1ccc(C(CNc2ccccc2)c2cccc(C(=O)O)c2)cc1OC. The Bertz CT molecular complexity index is 940.